The highest BCUT2D eigenvalue weighted by Gasteiger charge is 2.11. The van der Waals surface area contributed by atoms with E-state index >= 15 is 0 Å². The molecule has 3 amide bonds. The molecular formula is C25H25N3O5. The van der Waals surface area contributed by atoms with Crippen LogP contribution < -0.4 is 26.1 Å². The Labute approximate surface area is 191 Å². The molecule has 0 radical (unpaired) electrons. The van der Waals surface area contributed by atoms with Gasteiger partial charge in [-0.3, -0.25) is 25.2 Å². The second kappa shape index (κ2) is 11.3. The molecule has 4 N–H and O–H groups in total. The fourth-order valence-corrected chi connectivity index (χ4v) is 3.07. The minimum absolute atomic E-state index is 0.127. The second-order valence-corrected chi connectivity index (χ2v) is 7.10. The molecule has 0 saturated heterocycles. The van der Waals surface area contributed by atoms with Gasteiger partial charge in [-0.25, -0.2) is 0 Å². The molecular weight excluding hydrogens is 422 g/mol. The third-order valence-electron chi connectivity index (χ3n) is 4.76. The van der Waals surface area contributed by atoms with Crippen molar-refractivity contribution in [3.63, 3.8) is 0 Å². The van der Waals surface area contributed by atoms with Crippen LogP contribution in [0.1, 0.15) is 38.8 Å². The molecule has 3 aromatic carbocycles. The maximum atomic E-state index is 12.4. The number of amides is 3. The normalized spacial score (nSPS) is 10.2. The molecule has 0 unspecified atom stereocenters. The average molecular weight is 447 g/mol. The monoisotopic (exact) mass is 447 g/mol. The summed E-state index contributed by atoms with van der Waals surface area (Å²) in [6.45, 7) is 1.89. The van der Waals surface area contributed by atoms with Crippen molar-refractivity contribution in [2.45, 2.75) is 20.0 Å². The summed E-state index contributed by atoms with van der Waals surface area (Å²) in [6.07, 6.45) is 0.780. The van der Waals surface area contributed by atoms with Gasteiger partial charge in [-0.1, -0.05) is 49.4 Å². The van der Waals surface area contributed by atoms with Crippen LogP contribution in [0.4, 0.5) is 0 Å². The van der Waals surface area contributed by atoms with E-state index in [1.807, 2.05) is 25.1 Å². The number of carbonyl (C=O) groups is 3. The highest BCUT2D eigenvalue weighted by molar-refractivity contribution is 5.96. The number of hydrazine groups is 1. The maximum absolute atomic E-state index is 12.4. The van der Waals surface area contributed by atoms with Crippen molar-refractivity contribution in [3.05, 3.63) is 95.1 Å². The van der Waals surface area contributed by atoms with E-state index in [9.17, 15) is 14.4 Å². The van der Waals surface area contributed by atoms with E-state index in [1.54, 1.807) is 54.6 Å². The van der Waals surface area contributed by atoms with E-state index in [0.717, 1.165) is 12.0 Å². The summed E-state index contributed by atoms with van der Waals surface area (Å²) in [5.41, 5.74) is 12.4. The van der Waals surface area contributed by atoms with Gasteiger partial charge in [0.25, 0.3) is 17.7 Å². The molecule has 0 aromatic heterocycles. The van der Waals surface area contributed by atoms with Crippen LogP contribution in [0.5, 0.6) is 11.5 Å². The summed E-state index contributed by atoms with van der Waals surface area (Å²) in [5.74, 6) is -0.575. The van der Waals surface area contributed by atoms with E-state index in [2.05, 4.69) is 10.9 Å². The van der Waals surface area contributed by atoms with Gasteiger partial charge in [-0.15, -0.1) is 0 Å². The van der Waals surface area contributed by atoms with Gasteiger partial charge in [0, 0.05) is 5.56 Å². The van der Waals surface area contributed by atoms with Gasteiger partial charge in [0.2, 0.25) is 0 Å². The molecule has 3 rings (SSSR count). The number of para-hydroxylation sites is 2. The van der Waals surface area contributed by atoms with Crippen molar-refractivity contribution in [2.24, 2.45) is 5.73 Å². The highest BCUT2D eigenvalue weighted by Crippen LogP contribution is 2.19. The summed E-state index contributed by atoms with van der Waals surface area (Å²) >= 11 is 0. The Balaban J connectivity index is 1.52. The molecule has 0 fully saturated rings. The Morgan fingerprint density at radius 1 is 0.848 bits per heavy atom. The lowest BCUT2D eigenvalue weighted by molar-refractivity contribution is -0.123. The first kappa shape index (κ1) is 23.3. The number of rotatable bonds is 9. The number of hydrogen-bond donors (Lipinski definition) is 3. The quantitative estimate of drug-likeness (QED) is 0.436. The molecule has 0 bridgehead atoms. The number of carbonyl (C=O) groups excluding carboxylic acids is 3. The minimum atomic E-state index is -0.586. The Hall–Kier alpha value is -4.33. The number of ether oxygens (including phenoxy) is 2. The first-order valence-electron chi connectivity index (χ1n) is 10.4. The van der Waals surface area contributed by atoms with E-state index in [4.69, 9.17) is 15.2 Å². The molecule has 3 aromatic rings. The lowest BCUT2D eigenvalue weighted by Gasteiger charge is -2.12. The molecule has 0 atom stereocenters. The summed E-state index contributed by atoms with van der Waals surface area (Å²) in [5, 5.41) is 0. The van der Waals surface area contributed by atoms with Crippen molar-refractivity contribution >= 4 is 17.7 Å². The molecule has 0 spiro atoms. The van der Waals surface area contributed by atoms with Crippen LogP contribution in [0.25, 0.3) is 0 Å². The smallest absolute Gasteiger partial charge is 0.276 e. The molecule has 0 aliphatic rings. The average Bonchev–Trinajstić information content (AvgIpc) is 2.85. The van der Waals surface area contributed by atoms with Crippen molar-refractivity contribution in [3.8, 4) is 11.5 Å². The second-order valence-electron chi connectivity index (χ2n) is 7.10. The molecule has 0 aliphatic carbocycles. The lowest BCUT2D eigenvalue weighted by Crippen LogP contribution is -2.43. The third kappa shape index (κ3) is 6.57. The lowest BCUT2D eigenvalue weighted by atomic mass is 10.1. The molecule has 0 aliphatic heterocycles. The Morgan fingerprint density at radius 3 is 2.33 bits per heavy atom. The van der Waals surface area contributed by atoms with Crippen LogP contribution in [0.2, 0.25) is 0 Å². The SMILES string of the molecule is CCc1ccccc1OCC(=O)NNC(=O)c1cccc(COc2ccccc2C(N)=O)c1. The molecule has 170 valence electrons. The largest absolute Gasteiger partial charge is 0.488 e. The predicted molar refractivity (Wildman–Crippen MR) is 123 cm³/mol. The maximum Gasteiger partial charge on any atom is 0.276 e. The van der Waals surface area contributed by atoms with Gasteiger partial charge in [-0.2, -0.15) is 0 Å². The van der Waals surface area contributed by atoms with Crippen molar-refractivity contribution in [1.29, 1.82) is 0 Å². The predicted octanol–water partition coefficient (Wildman–Crippen LogP) is 2.77. The van der Waals surface area contributed by atoms with Crippen LogP contribution in [0.3, 0.4) is 0 Å². The van der Waals surface area contributed by atoms with Crippen LogP contribution >= 0.6 is 0 Å². The molecule has 8 heteroatoms. The number of primary amides is 1. The van der Waals surface area contributed by atoms with E-state index in [1.165, 1.54) is 0 Å². The summed E-state index contributed by atoms with van der Waals surface area (Å²) in [6, 6.07) is 20.8. The third-order valence-corrected chi connectivity index (χ3v) is 4.76. The fourth-order valence-electron chi connectivity index (χ4n) is 3.07. The molecule has 0 heterocycles. The summed E-state index contributed by atoms with van der Waals surface area (Å²) in [4.78, 5) is 36.0. The first-order chi connectivity index (χ1) is 16.0. The number of aryl methyl sites for hydroxylation is 1. The zero-order valence-electron chi connectivity index (χ0n) is 18.2. The van der Waals surface area contributed by atoms with Gasteiger partial charge in [0.15, 0.2) is 6.61 Å². The van der Waals surface area contributed by atoms with Gasteiger partial charge >= 0.3 is 0 Å². The zero-order chi connectivity index (χ0) is 23.6. The van der Waals surface area contributed by atoms with Crippen molar-refractivity contribution in [1.82, 2.24) is 10.9 Å². The topological polar surface area (TPSA) is 120 Å². The molecule has 0 saturated carbocycles. The van der Waals surface area contributed by atoms with E-state index < -0.39 is 17.7 Å². The molecule has 33 heavy (non-hydrogen) atoms. The summed E-state index contributed by atoms with van der Waals surface area (Å²) in [7, 11) is 0. The first-order valence-corrected chi connectivity index (χ1v) is 10.4. The van der Waals surface area contributed by atoms with Gasteiger partial charge in [0.05, 0.1) is 5.56 Å². The fraction of sp³-hybridized carbons (Fsp3) is 0.160. The van der Waals surface area contributed by atoms with Crippen LogP contribution in [-0.4, -0.2) is 24.3 Å². The van der Waals surface area contributed by atoms with Gasteiger partial charge in [0.1, 0.15) is 18.1 Å². The molecule has 8 nitrogen and oxygen atoms in total. The summed E-state index contributed by atoms with van der Waals surface area (Å²) < 4.78 is 11.2. The number of hydrogen-bond acceptors (Lipinski definition) is 5. The van der Waals surface area contributed by atoms with Gasteiger partial charge < -0.3 is 15.2 Å². The minimum Gasteiger partial charge on any atom is -0.488 e. The Kier molecular flexibility index (Phi) is 8.02. The highest BCUT2D eigenvalue weighted by atomic mass is 16.5. The van der Waals surface area contributed by atoms with E-state index in [-0.39, 0.29) is 18.8 Å². The van der Waals surface area contributed by atoms with E-state index in [0.29, 0.717) is 22.6 Å². The van der Waals surface area contributed by atoms with Crippen molar-refractivity contribution in [2.75, 3.05) is 6.61 Å². The Morgan fingerprint density at radius 2 is 1.58 bits per heavy atom. The standard InChI is InChI=1S/C25H25N3O5/c1-2-18-9-3-5-12-21(18)33-16-23(29)27-28-25(31)19-10-7-8-17(14-19)15-32-22-13-6-4-11-20(22)24(26)30/h3-14H,2,15-16H2,1H3,(H2,26,30)(H,27,29)(H,28,31). The number of nitrogens with two attached hydrogens (primary N) is 1. The zero-order valence-corrected chi connectivity index (χ0v) is 18.2. The van der Waals surface area contributed by atoms with Crippen LogP contribution in [0, 0.1) is 0 Å². The van der Waals surface area contributed by atoms with Crippen LogP contribution in [-0.2, 0) is 17.8 Å². The number of benzene rings is 3. The Bertz CT molecular complexity index is 1150. The van der Waals surface area contributed by atoms with Gasteiger partial charge in [-0.05, 0) is 47.9 Å². The van der Waals surface area contributed by atoms with Crippen molar-refractivity contribution < 1.29 is 23.9 Å². The van der Waals surface area contributed by atoms with Crippen LogP contribution in [0.15, 0.2) is 72.8 Å². The number of nitrogens with one attached hydrogen (secondary N) is 2.